The van der Waals surface area contributed by atoms with Gasteiger partial charge in [0, 0.05) is 33.0 Å². The Hall–Kier alpha value is -6.13. The molecule has 0 unspecified atom stereocenters. The highest BCUT2D eigenvalue weighted by atomic mass is 16.3. The number of fused-ring (bicyclic) bond motifs is 5. The summed E-state index contributed by atoms with van der Waals surface area (Å²) in [5, 5.41) is 6.78. The van der Waals surface area contributed by atoms with Crippen molar-refractivity contribution in [2.75, 3.05) is 0 Å². The van der Waals surface area contributed by atoms with Crippen molar-refractivity contribution >= 4 is 43.5 Å². The molecular formula is C41H25N3O. The zero-order chi connectivity index (χ0) is 29.7. The molecule has 0 N–H and O–H groups in total. The SMILES string of the molecule is c1ccc(-c2nc(-c3ccc4ccccc4c3)nc(-c3cc(-c4ccc5ccccc5c4)c4oc5ccccc5c4c3)n2)cc1. The van der Waals surface area contributed by atoms with Gasteiger partial charge in [-0.1, -0.05) is 121 Å². The van der Waals surface area contributed by atoms with Gasteiger partial charge in [0.15, 0.2) is 17.5 Å². The van der Waals surface area contributed by atoms with Crippen LogP contribution in [0.4, 0.5) is 0 Å². The smallest absolute Gasteiger partial charge is 0.164 e. The van der Waals surface area contributed by atoms with Gasteiger partial charge in [0.2, 0.25) is 0 Å². The molecule has 0 fully saturated rings. The Kier molecular flexibility index (Phi) is 5.78. The van der Waals surface area contributed by atoms with E-state index in [9.17, 15) is 0 Å². The molecule has 45 heavy (non-hydrogen) atoms. The summed E-state index contributed by atoms with van der Waals surface area (Å²) in [4.78, 5) is 15.2. The number of benzene rings is 7. The third-order valence-corrected chi connectivity index (χ3v) is 8.47. The lowest BCUT2D eigenvalue weighted by atomic mass is 9.96. The number of rotatable bonds is 4. The third kappa shape index (κ3) is 4.43. The molecule has 0 aliphatic heterocycles. The maximum atomic E-state index is 6.51. The number of hydrogen-bond donors (Lipinski definition) is 0. The lowest BCUT2D eigenvalue weighted by Gasteiger charge is -2.11. The summed E-state index contributed by atoms with van der Waals surface area (Å²) >= 11 is 0. The first-order valence-corrected chi connectivity index (χ1v) is 15.0. The van der Waals surface area contributed by atoms with Crippen LogP contribution in [0.15, 0.2) is 156 Å². The monoisotopic (exact) mass is 575 g/mol. The van der Waals surface area contributed by atoms with Gasteiger partial charge in [-0.2, -0.15) is 0 Å². The zero-order valence-electron chi connectivity index (χ0n) is 24.2. The lowest BCUT2D eigenvalue weighted by Crippen LogP contribution is -2.00. The van der Waals surface area contributed by atoms with Crippen LogP contribution in [0.25, 0.3) is 88.8 Å². The highest BCUT2D eigenvalue weighted by Gasteiger charge is 2.18. The molecule has 0 saturated heterocycles. The van der Waals surface area contributed by atoms with Crippen LogP contribution in [-0.2, 0) is 0 Å². The topological polar surface area (TPSA) is 51.8 Å². The first-order chi connectivity index (χ1) is 22.3. The third-order valence-electron chi connectivity index (χ3n) is 8.47. The molecule has 4 heteroatoms. The zero-order valence-corrected chi connectivity index (χ0v) is 24.2. The highest BCUT2D eigenvalue weighted by Crippen LogP contribution is 2.40. The highest BCUT2D eigenvalue weighted by molar-refractivity contribution is 6.11. The molecule has 0 saturated carbocycles. The average Bonchev–Trinajstić information content (AvgIpc) is 3.50. The van der Waals surface area contributed by atoms with Crippen molar-refractivity contribution in [2.45, 2.75) is 0 Å². The first-order valence-electron chi connectivity index (χ1n) is 15.0. The van der Waals surface area contributed by atoms with E-state index in [-0.39, 0.29) is 0 Å². The number of nitrogens with zero attached hydrogens (tertiary/aromatic N) is 3. The Morgan fingerprint density at radius 1 is 0.356 bits per heavy atom. The molecule has 0 amide bonds. The van der Waals surface area contributed by atoms with Gasteiger partial charge in [0.05, 0.1) is 0 Å². The number of para-hydroxylation sites is 1. The van der Waals surface area contributed by atoms with Crippen LogP contribution in [0, 0.1) is 0 Å². The fourth-order valence-electron chi connectivity index (χ4n) is 6.21. The van der Waals surface area contributed by atoms with E-state index in [0.29, 0.717) is 17.5 Å². The fraction of sp³-hybridized carbons (Fsp3) is 0. The van der Waals surface area contributed by atoms with Crippen molar-refractivity contribution in [1.29, 1.82) is 0 Å². The quantitative estimate of drug-likeness (QED) is 0.209. The van der Waals surface area contributed by atoms with Crippen LogP contribution in [0.3, 0.4) is 0 Å². The molecule has 0 spiro atoms. The largest absolute Gasteiger partial charge is 0.455 e. The summed E-state index contributed by atoms with van der Waals surface area (Å²) in [5.41, 5.74) is 6.56. The summed E-state index contributed by atoms with van der Waals surface area (Å²) in [6, 6.07) is 52.3. The van der Waals surface area contributed by atoms with E-state index in [2.05, 4.69) is 103 Å². The Bertz CT molecular complexity index is 2550. The summed E-state index contributed by atoms with van der Waals surface area (Å²) in [6.07, 6.45) is 0. The van der Waals surface area contributed by atoms with E-state index in [1.54, 1.807) is 0 Å². The lowest BCUT2D eigenvalue weighted by molar-refractivity contribution is 0.670. The van der Waals surface area contributed by atoms with Crippen LogP contribution >= 0.6 is 0 Å². The van der Waals surface area contributed by atoms with E-state index in [1.165, 1.54) is 16.2 Å². The maximum absolute atomic E-state index is 6.51. The molecule has 0 bridgehead atoms. The summed E-state index contributed by atoms with van der Waals surface area (Å²) in [6.45, 7) is 0. The molecule has 0 radical (unpaired) electrons. The van der Waals surface area contributed by atoms with Gasteiger partial charge in [-0.3, -0.25) is 0 Å². The molecule has 0 atom stereocenters. The van der Waals surface area contributed by atoms with Crippen molar-refractivity contribution in [2.24, 2.45) is 0 Å². The van der Waals surface area contributed by atoms with Crippen LogP contribution < -0.4 is 0 Å². The van der Waals surface area contributed by atoms with Gasteiger partial charge in [-0.05, 0) is 57.4 Å². The van der Waals surface area contributed by atoms with Crippen LogP contribution in [0.2, 0.25) is 0 Å². The van der Waals surface area contributed by atoms with Crippen molar-refractivity contribution in [3.63, 3.8) is 0 Å². The molecule has 210 valence electrons. The Labute approximate surface area is 259 Å². The summed E-state index contributed by atoms with van der Waals surface area (Å²) < 4.78 is 6.51. The maximum Gasteiger partial charge on any atom is 0.164 e. The van der Waals surface area contributed by atoms with Crippen LogP contribution in [-0.4, -0.2) is 15.0 Å². The number of furan rings is 1. The second kappa shape index (κ2) is 10.2. The van der Waals surface area contributed by atoms with Crippen LogP contribution in [0.5, 0.6) is 0 Å². The van der Waals surface area contributed by atoms with E-state index in [1.807, 2.05) is 48.5 Å². The molecule has 2 aromatic heterocycles. The standard InChI is InChI=1S/C41H25N3O/c1-2-12-28(13-3-1)39-42-40(32-21-19-27-11-5-7-15-30(27)23-32)44-41(43-39)33-24-35(31-20-18-26-10-4-6-14-29(26)22-31)38-36(25-33)34-16-8-9-17-37(34)45-38/h1-25H. The molecular weight excluding hydrogens is 550 g/mol. The predicted molar refractivity (Wildman–Crippen MR) is 184 cm³/mol. The first kappa shape index (κ1) is 25.4. The van der Waals surface area contributed by atoms with Gasteiger partial charge in [0.25, 0.3) is 0 Å². The normalized spacial score (nSPS) is 11.6. The molecule has 2 heterocycles. The van der Waals surface area contributed by atoms with E-state index in [0.717, 1.165) is 55.1 Å². The van der Waals surface area contributed by atoms with Gasteiger partial charge < -0.3 is 4.42 Å². The molecule has 7 aromatic carbocycles. The van der Waals surface area contributed by atoms with Crippen molar-refractivity contribution < 1.29 is 4.42 Å². The van der Waals surface area contributed by atoms with Crippen molar-refractivity contribution in [3.8, 4) is 45.3 Å². The molecule has 9 aromatic rings. The second-order valence-electron chi connectivity index (χ2n) is 11.3. The Morgan fingerprint density at radius 2 is 0.911 bits per heavy atom. The second-order valence-corrected chi connectivity index (χ2v) is 11.3. The Morgan fingerprint density at radius 3 is 1.64 bits per heavy atom. The molecule has 4 nitrogen and oxygen atoms in total. The number of aromatic nitrogens is 3. The fourth-order valence-corrected chi connectivity index (χ4v) is 6.21. The van der Waals surface area contributed by atoms with Gasteiger partial charge >= 0.3 is 0 Å². The molecule has 9 rings (SSSR count). The molecule has 0 aliphatic carbocycles. The van der Waals surface area contributed by atoms with Gasteiger partial charge in [0.1, 0.15) is 11.2 Å². The van der Waals surface area contributed by atoms with Gasteiger partial charge in [-0.15, -0.1) is 0 Å². The Balaban J connectivity index is 1.31. The van der Waals surface area contributed by atoms with E-state index in [4.69, 9.17) is 19.4 Å². The van der Waals surface area contributed by atoms with E-state index >= 15 is 0 Å². The minimum atomic E-state index is 0.612. The van der Waals surface area contributed by atoms with Gasteiger partial charge in [-0.25, -0.2) is 15.0 Å². The predicted octanol–water partition coefficient (Wildman–Crippen LogP) is 10.7. The van der Waals surface area contributed by atoms with Crippen molar-refractivity contribution in [3.05, 3.63) is 152 Å². The summed E-state index contributed by atoms with van der Waals surface area (Å²) in [7, 11) is 0. The summed E-state index contributed by atoms with van der Waals surface area (Å²) in [5.74, 6) is 1.88. The minimum Gasteiger partial charge on any atom is -0.455 e. The van der Waals surface area contributed by atoms with Crippen molar-refractivity contribution in [1.82, 2.24) is 15.0 Å². The van der Waals surface area contributed by atoms with E-state index < -0.39 is 0 Å². The molecule has 0 aliphatic rings. The number of hydrogen-bond acceptors (Lipinski definition) is 4. The average molecular weight is 576 g/mol. The van der Waals surface area contributed by atoms with Crippen LogP contribution in [0.1, 0.15) is 0 Å². The minimum absolute atomic E-state index is 0.612.